The second kappa shape index (κ2) is 3.37. The Morgan fingerprint density at radius 2 is 2.08 bits per heavy atom. The van der Waals surface area contributed by atoms with Crippen LogP contribution in [0.15, 0.2) is 4.90 Å². The lowest BCUT2D eigenvalue weighted by molar-refractivity contribution is 0.445. The standard InChI is InChI=1S/C7H12N2O2S/c1-5-7(12(10)11-4)6(2)9(3)8-5/h1-4H3. The molecule has 12 heavy (non-hydrogen) atoms. The Hall–Kier alpha value is -0.680. The van der Waals surface area contributed by atoms with Crippen molar-refractivity contribution in [2.75, 3.05) is 7.11 Å². The molecule has 0 saturated carbocycles. The SMILES string of the molecule is COS(=O)c1c(C)nn(C)c1C. The van der Waals surface area contributed by atoms with E-state index >= 15 is 0 Å². The molecule has 1 aromatic rings. The molecule has 0 radical (unpaired) electrons. The quantitative estimate of drug-likeness (QED) is 0.686. The maximum absolute atomic E-state index is 11.3. The van der Waals surface area contributed by atoms with Gasteiger partial charge in [0.1, 0.15) is 4.90 Å². The summed E-state index contributed by atoms with van der Waals surface area (Å²) in [7, 11) is 3.24. The van der Waals surface area contributed by atoms with Gasteiger partial charge in [0.2, 0.25) is 0 Å². The van der Waals surface area contributed by atoms with E-state index in [1.165, 1.54) is 7.11 Å². The van der Waals surface area contributed by atoms with Crippen LogP contribution in [0.25, 0.3) is 0 Å². The normalized spacial score (nSPS) is 13.3. The number of aryl methyl sites for hydroxylation is 2. The van der Waals surface area contributed by atoms with Gasteiger partial charge in [-0.25, -0.2) is 4.21 Å². The summed E-state index contributed by atoms with van der Waals surface area (Å²) < 4.78 is 17.7. The Balaban J connectivity index is 3.22. The maximum Gasteiger partial charge on any atom is 0.192 e. The number of aromatic nitrogens is 2. The van der Waals surface area contributed by atoms with Crippen LogP contribution in [0.5, 0.6) is 0 Å². The summed E-state index contributed by atoms with van der Waals surface area (Å²) in [4.78, 5) is 0.681. The number of hydrogen-bond donors (Lipinski definition) is 0. The molecule has 4 nitrogen and oxygen atoms in total. The third kappa shape index (κ3) is 1.42. The van der Waals surface area contributed by atoms with Gasteiger partial charge >= 0.3 is 0 Å². The van der Waals surface area contributed by atoms with Gasteiger partial charge < -0.3 is 0 Å². The van der Waals surface area contributed by atoms with Gasteiger partial charge in [-0.1, -0.05) is 0 Å². The minimum Gasteiger partial charge on any atom is -0.290 e. The third-order valence-electron chi connectivity index (χ3n) is 1.76. The van der Waals surface area contributed by atoms with Crippen LogP contribution >= 0.6 is 0 Å². The lowest BCUT2D eigenvalue weighted by atomic mass is 10.4. The Bertz CT molecular complexity index is 319. The molecular formula is C7H12N2O2S. The van der Waals surface area contributed by atoms with Crippen LogP contribution in [0.1, 0.15) is 11.4 Å². The molecule has 0 fully saturated rings. The van der Waals surface area contributed by atoms with Crippen LogP contribution in [-0.4, -0.2) is 21.1 Å². The summed E-state index contributed by atoms with van der Waals surface area (Å²) in [5.74, 6) is 0. The average molecular weight is 188 g/mol. The first-order chi connectivity index (χ1) is 5.57. The topological polar surface area (TPSA) is 44.1 Å². The molecule has 0 aliphatic rings. The van der Waals surface area contributed by atoms with E-state index in [0.717, 1.165) is 11.4 Å². The molecule has 1 aromatic heterocycles. The van der Waals surface area contributed by atoms with E-state index < -0.39 is 11.1 Å². The second-order valence-corrected chi connectivity index (χ2v) is 3.74. The highest BCUT2D eigenvalue weighted by Gasteiger charge is 2.15. The summed E-state index contributed by atoms with van der Waals surface area (Å²) in [6.07, 6.45) is 0. The van der Waals surface area contributed by atoms with Crippen molar-refractivity contribution in [3.8, 4) is 0 Å². The van der Waals surface area contributed by atoms with Gasteiger partial charge in [-0.2, -0.15) is 5.10 Å². The molecule has 0 bridgehead atoms. The lowest BCUT2D eigenvalue weighted by Gasteiger charge is -1.97. The summed E-state index contributed by atoms with van der Waals surface area (Å²) in [5.41, 5.74) is 1.64. The van der Waals surface area contributed by atoms with Crippen LogP contribution in [0, 0.1) is 13.8 Å². The van der Waals surface area contributed by atoms with E-state index in [9.17, 15) is 4.21 Å². The van der Waals surface area contributed by atoms with Gasteiger partial charge in [0, 0.05) is 7.05 Å². The minimum atomic E-state index is -1.38. The Labute approximate surface area is 74.2 Å². The van der Waals surface area contributed by atoms with Crippen LogP contribution in [0.3, 0.4) is 0 Å². The number of rotatable bonds is 2. The van der Waals surface area contributed by atoms with Crippen LogP contribution < -0.4 is 0 Å². The Morgan fingerprint density at radius 3 is 2.42 bits per heavy atom. The molecule has 0 saturated heterocycles. The first-order valence-corrected chi connectivity index (χ1v) is 4.62. The zero-order chi connectivity index (χ0) is 9.30. The first kappa shape index (κ1) is 9.41. The molecule has 0 amide bonds. The smallest absolute Gasteiger partial charge is 0.192 e. The fraction of sp³-hybridized carbons (Fsp3) is 0.571. The van der Waals surface area contributed by atoms with Crippen molar-refractivity contribution >= 4 is 11.1 Å². The summed E-state index contributed by atoms with van der Waals surface area (Å²) in [6.45, 7) is 3.69. The van der Waals surface area contributed by atoms with Gasteiger partial charge in [-0.05, 0) is 13.8 Å². The zero-order valence-corrected chi connectivity index (χ0v) is 8.44. The Kier molecular flexibility index (Phi) is 2.64. The van der Waals surface area contributed by atoms with Crippen LogP contribution in [-0.2, 0) is 22.3 Å². The average Bonchev–Trinajstić information content (AvgIpc) is 2.26. The van der Waals surface area contributed by atoms with Gasteiger partial charge in [0.15, 0.2) is 11.1 Å². The number of nitrogens with zero attached hydrogens (tertiary/aromatic N) is 2. The summed E-state index contributed by atoms with van der Waals surface area (Å²) in [6, 6.07) is 0. The highest BCUT2D eigenvalue weighted by molar-refractivity contribution is 7.80. The van der Waals surface area contributed by atoms with E-state index in [2.05, 4.69) is 5.10 Å². The molecule has 0 N–H and O–H groups in total. The van der Waals surface area contributed by atoms with Crippen molar-refractivity contribution in [2.45, 2.75) is 18.7 Å². The minimum absolute atomic E-state index is 0.681. The predicted molar refractivity (Wildman–Crippen MR) is 46.1 cm³/mol. The van der Waals surface area contributed by atoms with E-state index in [4.69, 9.17) is 4.18 Å². The van der Waals surface area contributed by atoms with Crippen molar-refractivity contribution in [1.29, 1.82) is 0 Å². The molecule has 0 aliphatic heterocycles. The van der Waals surface area contributed by atoms with Crippen molar-refractivity contribution < 1.29 is 8.39 Å². The third-order valence-corrected chi connectivity index (χ3v) is 2.99. The number of hydrogen-bond acceptors (Lipinski definition) is 3. The summed E-state index contributed by atoms with van der Waals surface area (Å²) in [5, 5.41) is 4.12. The van der Waals surface area contributed by atoms with Crippen LogP contribution in [0.2, 0.25) is 0 Å². The van der Waals surface area contributed by atoms with Crippen LogP contribution in [0.4, 0.5) is 0 Å². The molecule has 1 heterocycles. The van der Waals surface area contributed by atoms with E-state index in [0.29, 0.717) is 4.90 Å². The van der Waals surface area contributed by atoms with Gasteiger partial charge in [-0.3, -0.25) is 8.86 Å². The van der Waals surface area contributed by atoms with Crippen molar-refractivity contribution in [3.05, 3.63) is 11.4 Å². The van der Waals surface area contributed by atoms with E-state index in [1.54, 1.807) is 4.68 Å². The first-order valence-electron chi connectivity index (χ1n) is 3.54. The fourth-order valence-electron chi connectivity index (χ4n) is 1.08. The molecular weight excluding hydrogens is 176 g/mol. The van der Waals surface area contributed by atoms with E-state index in [1.807, 2.05) is 20.9 Å². The molecule has 1 rings (SSSR count). The highest BCUT2D eigenvalue weighted by atomic mass is 32.2. The fourth-order valence-corrected chi connectivity index (χ4v) is 1.90. The molecule has 1 unspecified atom stereocenters. The van der Waals surface area contributed by atoms with E-state index in [-0.39, 0.29) is 0 Å². The molecule has 68 valence electrons. The van der Waals surface area contributed by atoms with Crippen molar-refractivity contribution in [1.82, 2.24) is 9.78 Å². The zero-order valence-electron chi connectivity index (χ0n) is 7.62. The largest absolute Gasteiger partial charge is 0.290 e. The monoisotopic (exact) mass is 188 g/mol. The van der Waals surface area contributed by atoms with Gasteiger partial charge in [-0.15, -0.1) is 0 Å². The van der Waals surface area contributed by atoms with Gasteiger partial charge in [0.25, 0.3) is 0 Å². The highest BCUT2D eigenvalue weighted by Crippen LogP contribution is 2.16. The maximum atomic E-state index is 11.3. The Morgan fingerprint density at radius 1 is 1.50 bits per heavy atom. The van der Waals surface area contributed by atoms with Crippen molar-refractivity contribution in [2.24, 2.45) is 7.05 Å². The van der Waals surface area contributed by atoms with Crippen molar-refractivity contribution in [3.63, 3.8) is 0 Å². The van der Waals surface area contributed by atoms with Gasteiger partial charge in [0.05, 0.1) is 18.5 Å². The molecule has 1 atom stereocenters. The summed E-state index contributed by atoms with van der Waals surface area (Å²) >= 11 is -1.38. The molecule has 5 heteroatoms. The lowest BCUT2D eigenvalue weighted by Crippen LogP contribution is -1.97. The molecule has 0 aliphatic carbocycles. The second-order valence-electron chi connectivity index (χ2n) is 2.52. The molecule has 0 spiro atoms. The molecule has 0 aromatic carbocycles. The predicted octanol–water partition coefficient (Wildman–Crippen LogP) is 0.706.